The summed E-state index contributed by atoms with van der Waals surface area (Å²) >= 11 is 0. The maximum atomic E-state index is 13.0. The molecule has 0 fully saturated rings. The van der Waals surface area contributed by atoms with Crippen LogP contribution in [0.25, 0.3) is 11.5 Å². The SMILES string of the molecule is CCOc1ccccc1C(=O)O[C@H](C)c1nnc(-c2ccc(F)cc2)o1. The topological polar surface area (TPSA) is 74.5 Å². The van der Waals surface area contributed by atoms with Gasteiger partial charge in [-0.15, -0.1) is 10.2 Å². The number of esters is 1. The van der Waals surface area contributed by atoms with Gasteiger partial charge in [0.05, 0.1) is 6.61 Å². The minimum atomic E-state index is -0.751. The molecule has 2 aromatic carbocycles. The van der Waals surface area contributed by atoms with E-state index in [4.69, 9.17) is 13.9 Å². The number of para-hydroxylation sites is 1. The second kappa shape index (κ2) is 7.77. The zero-order valence-corrected chi connectivity index (χ0v) is 14.3. The summed E-state index contributed by atoms with van der Waals surface area (Å²) in [6.45, 7) is 3.90. The van der Waals surface area contributed by atoms with Gasteiger partial charge in [0, 0.05) is 5.56 Å². The number of carbonyl (C=O) groups excluding carboxylic acids is 1. The van der Waals surface area contributed by atoms with Crippen molar-refractivity contribution >= 4 is 5.97 Å². The van der Waals surface area contributed by atoms with Crippen LogP contribution in [0, 0.1) is 5.82 Å². The van der Waals surface area contributed by atoms with Gasteiger partial charge in [-0.3, -0.25) is 0 Å². The lowest BCUT2D eigenvalue weighted by Gasteiger charge is -2.12. The molecule has 0 spiro atoms. The normalized spacial score (nSPS) is 11.8. The van der Waals surface area contributed by atoms with Gasteiger partial charge in [-0.1, -0.05) is 12.1 Å². The van der Waals surface area contributed by atoms with Crippen molar-refractivity contribution in [3.63, 3.8) is 0 Å². The molecule has 26 heavy (non-hydrogen) atoms. The summed E-state index contributed by atoms with van der Waals surface area (Å²) in [6, 6.07) is 12.5. The third kappa shape index (κ3) is 3.88. The highest BCUT2D eigenvalue weighted by Crippen LogP contribution is 2.25. The number of hydrogen-bond donors (Lipinski definition) is 0. The van der Waals surface area contributed by atoms with E-state index in [0.29, 0.717) is 23.5 Å². The van der Waals surface area contributed by atoms with E-state index in [-0.39, 0.29) is 17.6 Å². The number of rotatable bonds is 6. The molecule has 134 valence electrons. The largest absolute Gasteiger partial charge is 0.493 e. The molecule has 0 aliphatic rings. The monoisotopic (exact) mass is 356 g/mol. The second-order valence-corrected chi connectivity index (χ2v) is 5.43. The Balaban J connectivity index is 1.73. The summed E-state index contributed by atoms with van der Waals surface area (Å²) in [5, 5.41) is 7.81. The first kappa shape index (κ1) is 17.6. The van der Waals surface area contributed by atoms with Crippen molar-refractivity contribution in [3.8, 4) is 17.2 Å². The van der Waals surface area contributed by atoms with Crippen LogP contribution in [-0.4, -0.2) is 22.8 Å². The first-order chi connectivity index (χ1) is 12.6. The first-order valence-electron chi connectivity index (χ1n) is 8.10. The number of benzene rings is 2. The highest BCUT2D eigenvalue weighted by atomic mass is 19.1. The smallest absolute Gasteiger partial charge is 0.342 e. The second-order valence-electron chi connectivity index (χ2n) is 5.43. The molecule has 3 aromatic rings. The van der Waals surface area contributed by atoms with Gasteiger partial charge >= 0.3 is 5.97 Å². The fourth-order valence-electron chi connectivity index (χ4n) is 2.30. The van der Waals surface area contributed by atoms with Crippen LogP contribution in [0.5, 0.6) is 5.75 Å². The molecule has 7 heteroatoms. The van der Waals surface area contributed by atoms with Gasteiger partial charge < -0.3 is 13.9 Å². The molecule has 1 atom stereocenters. The standard InChI is InChI=1S/C19H17FN2O4/c1-3-24-16-7-5-4-6-15(16)19(23)25-12(2)17-21-22-18(26-17)13-8-10-14(20)11-9-13/h4-12H,3H2,1-2H3/t12-/m1/s1. The van der Waals surface area contributed by atoms with E-state index in [0.717, 1.165) is 0 Å². The van der Waals surface area contributed by atoms with Gasteiger partial charge in [0.15, 0.2) is 6.10 Å². The fourth-order valence-corrected chi connectivity index (χ4v) is 2.30. The molecule has 0 aliphatic heterocycles. The predicted molar refractivity (Wildman–Crippen MR) is 91.1 cm³/mol. The molecular formula is C19H17FN2O4. The van der Waals surface area contributed by atoms with Crippen molar-refractivity contribution in [3.05, 3.63) is 65.8 Å². The Morgan fingerprint density at radius 1 is 1.15 bits per heavy atom. The quantitative estimate of drug-likeness (QED) is 0.617. The lowest BCUT2D eigenvalue weighted by molar-refractivity contribution is 0.0276. The molecule has 3 rings (SSSR count). The van der Waals surface area contributed by atoms with E-state index in [2.05, 4.69) is 10.2 Å². The predicted octanol–water partition coefficient (Wildman–Crippen LogP) is 4.19. The van der Waals surface area contributed by atoms with Gasteiger partial charge in [-0.2, -0.15) is 0 Å². The van der Waals surface area contributed by atoms with Crippen LogP contribution in [0.2, 0.25) is 0 Å². The highest BCUT2D eigenvalue weighted by molar-refractivity contribution is 5.92. The summed E-state index contributed by atoms with van der Waals surface area (Å²) in [7, 11) is 0. The molecule has 0 radical (unpaired) electrons. The third-order valence-electron chi connectivity index (χ3n) is 3.57. The van der Waals surface area contributed by atoms with Crippen LogP contribution in [-0.2, 0) is 4.74 Å². The molecular weight excluding hydrogens is 339 g/mol. The number of carbonyl (C=O) groups is 1. The minimum absolute atomic E-state index is 0.145. The van der Waals surface area contributed by atoms with Crippen molar-refractivity contribution in [2.45, 2.75) is 20.0 Å². The molecule has 6 nitrogen and oxygen atoms in total. The van der Waals surface area contributed by atoms with Crippen LogP contribution >= 0.6 is 0 Å². The molecule has 1 aromatic heterocycles. The zero-order chi connectivity index (χ0) is 18.5. The fraction of sp³-hybridized carbons (Fsp3) is 0.211. The number of nitrogens with zero attached hydrogens (tertiary/aromatic N) is 2. The van der Waals surface area contributed by atoms with Gasteiger partial charge in [0.2, 0.25) is 5.89 Å². The Labute approximate surface area is 149 Å². The van der Waals surface area contributed by atoms with E-state index >= 15 is 0 Å². The maximum Gasteiger partial charge on any atom is 0.342 e. The summed E-state index contributed by atoms with van der Waals surface area (Å²) in [4.78, 5) is 12.4. The Morgan fingerprint density at radius 3 is 2.62 bits per heavy atom. The van der Waals surface area contributed by atoms with Gasteiger partial charge in [-0.25, -0.2) is 9.18 Å². The lowest BCUT2D eigenvalue weighted by atomic mass is 10.2. The van der Waals surface area contributed by atoms with E-state index in [1.54, 1.807) is 31.2 Å². The van der Waals surface area contributed by atoms with Crippen molar-refractivity contribution in [1.82, 2.24) is 10.2 Å². The average Bonchev–Trinajstić information content (AvgIpc) is 3.13. The van der Waals surface area contributed by atoms with Crippen molar-refractivity contribution < 1.29 is 23.1 Å². The molecule has 0 amide bonds. The Hall–Kier alpha value is -3.22. The van der Waals surface area contributed by atoms with Gasteiger partial charge in [0.1, 0.15) is 17.1 Å². The molecule has 0 saturated carbocycles. The van der Waals surface area contributed by atoms with Crippen molar-refractivity contribution in [1.29, 1.82) is 0 Å². The first-order valence-corrected chi connectivity index (χ1v) is 8.10. The van der Waals surface area contributed by atoms with Gasteiger partial charge in [0.25, 0.3) is 5.89 Å². The lowest BCUT2D eigenvalue weighted by Crippen LogP contribution is -2.11. The summed E-state index contributed by atoms with van der Waals surface area (Å²) in [5.41, 5.74) is 0.893. The highest BCUT2D eigenvalue weighted by Gasteiger charge is 2.22. The van der Waals surface area contributed by atoms with Crippen LogP contribution in [0.15, 0.2) is 52.9 Å². The number of halogens is 1. The maximum absolute atomic E-state index is 13.0. The van der Waals surface area contributed by atoms with Crippen LogP contribution in [0.3, 0.4) is 0 Å². The van der Waals surface area contributed by atoms with Crippen molar-refractivity contribution in [2.75, 3.05) is 6.61 Å². The molecule has 0 aliphatic carbocycles. The molecule has 1 heterocycles. The molecule has 0 bridgehead atoms. The number of ether oxygens (including phenoxy) is 2. The Morgan fingerprint density at radius 2 is 1.88 bits per heavy atom. The Kier molecular flexibility index (Phi) is 5.26. The van der Waals surface area contributed by atoms with E-state index < -0.39 is 12.1 Å². The Bertz CT molecular complexity index is 893. The van der Waals surface area contributed by atoms with Crippen molar-refractivity contribution in [2.24, 2.45) is 0 Å². The molecule has 0 N–H and O–H groups in total. The third-order valence-corrected chi connectivity index (χ3v) is 3.57. The van der Waals surface area contributed by atoms with Gasteiger partial charge in [-0.05, 0) is 50.2 Å². The van der Waals surface area contributed by atoms with E-state index in [1.807, 2.05) is 6.92 Å². The zero-order valence-electron chi connectivity index (χ0n) is 14.3. The number of aromatic nitrogens is 2. The average molecular weight is 356 g/mol. The number of hydrogen-bond acceptors (Lipinski definition) is 6. The molecule has 0 unspecified atom stereocenters. The van der Waals surface area contributed by atoms with Crippen LogP contribution in [0.1, 0.15) is 36.2 Å². The van der Waals surface area contributed by atoms with E-state index in [1.165, 1.54) is 24.3 Å². The molecule has 0 saturated heterocycles. The summed E-state index contributed by atoms with van der Waals surface area (Å²) < 4.78 is 29.4. The summed E-state index contributed by atoms with van der Waals surface area (Å²) in [5.74, 6) is -0.0965. The van der Waals surface area contributed by atoms with E-state index in [9.17, 15) is 9.18 Å². The van der Waals surface area contributed by atoms with Crippen LogP contribution in [0.4, 0.5) is 4.39 Å². The summed E-state index contributed by atoms with van der Waals surface area (Å²) in [6.07, 6.45) is -0.751. The minimum Gasteiger partial charge on any atom is -0.493 e. The van der Waals surface area contributed by atoms with Crippen LogP contribution < -0.4 is 4.74 Å².